The van der Waals surface area contributed by atoms with E-state index in [2.05, 4.69) is 156 Å². The largest absolute Gasteiger partial charge is 0.294 e. The minimum atomic E-state index is 0.570. The first-order chi connectivity index (χ1) is 37.5. The molecule has 0 unspecified atom stereocenters. The molecule has 9 heteroatoms. The molecule has 9 aromatic carbocycles. The maximum atomic E-state index is 5.34. The summed E-state index contributed by atoms with van der Waals surface area (Å²) in [6.07, 6.45) is 0. The van der Waals surface area contributed by atoms with Crippen LogP contribution in [0.5, 0.6) is 0 Å². The Hall–Kier alpha value is -10.3. The molecule has 9 nitrogen and oxygen atoms in total. The van der Waals surface area contributed by atoms with Crippen LogP contribution < -0.4 is 0 Å². The lowest BCUT2D eigenvalue weighted by Crippen LogP contribution is -2.03. The molecule has 0 saturated heterocycles. The van der Waals surface area contributed by atoms with Crippen molar-refractivity contribution in [3.05, 3.63) is 248 Å². The molecule has 5 aromatic heterocycles. The van der Waals surface area contributed by atoms with Crippen LogP contribution in [0.2, 0.25) is 0 Å². The lowest BCUT2D eigenvalue weighted by Gasteiger charge is -2.12. The zero-order valence-corrected chi connectivity index (χ0v) is 41.5. The average Bonchev–Trinajstić information content (AvgIpc) is 4.00. The molecular weight excluding hydrogens is 931 g/mol. The van der Waals surface area contributed by atoms with E-state index >= 15 is 0 Å². The third-order valence-electron chi connectivity index (χ3n) is 14.1. The zero-order valence-electron chi connectivity index (χ0n) is 41.5. The summed E-state index contributed by atoms with van der Waals surface area (Å²) in [5.41, 5.74) is 14.6. The highest BCUT2D eigenvalue weighted by Gasteiger charge is 2.22. The van der Waals surface area contributed by atoms with Crippen LogP contribution in [0, 0.1) is 13.8 Å². The predicted molar refractivity (Wildman–Crippen MR) is 307 cm³/mol. The molecular formula is C67H45N9. The number of benzene rings is 9. The summed E-state index contributed by atoms with van der Waals surface area (Å²) >= 11 is 0. The SMILES string of the molecule is Cc1ccc2c(c1)c1cc(-c3nc(-c4ccccc4)nc(-c4ccc5c(c4)c4cc(C)ccc4n5-c4cc(-c5ccccc5)nc(-c5ccccc5)n4)n3)ccc1n2-c1cc(-c2ccccc2)nc(-c2ccccc2)n1. The monoisotopic (exact) mass is 975 g/mol. The second-order valence-corrected chi connectivity index (χ2v) is 19.2. The Morgan fingerprint density at radius 1 is 0.237 bits per heavy atom. The molecule has 0 atom stereocenters. The van der Waals surface area contributed by atoms with Gasteiger partial charge in [-0.25, -0.2) is 34.9 Å². The van der Waals surface area contributed by atoms with E-state index in [1.165, 1.54) is 0 Å². The molecule has 0 saturated carbocycles. The summed E-state index contributed by atoms with van der Waals surface area (Å²) in [5, 5.41) is 4.31. The Morgan fingerprint density at radius 3 is 0.882 bits per heavy atom. The second-order valence-electron chi connectivity index (χ2n) is 19.2. The van der Waals surface area contributed by atoms with Gasteiger partial charge in [0.25, 0.3) is 0 Å². The molecule has 0 radical (unpaired) electrons. The molecule has 14 rings (SSSR count). The van der Waals surface area contributed by atoms with Crippen LogP contribution in [0.3, 0.4) is 0 Å². The average molecular weight is 976 g/mol. The highest BCUT2D eigenvalue weighted by atomic mass is 15.1. The molecule has 0 bridgehead atoms. The molecule has 14 aromatic rings. The van der Waals surface area contributed by atoms with Crippen molar-refractivity contribution >= 4 is 43.6 Å². The smallest absolute Gasteiger partial charge is 0.164 e. The third-order valence-corrected chi connectivity index (χ3v) is 14.1. The maximum absolute atomic E-state index is 5.34. The number of aromatic nitrogens is 9. The fourth-order valence-electron chi connectivity index (χ4n) is 10.4. The topological polar surface area (TPSA) is 100 Å². The maximum Gasteiger partial charge on any atom is 0.164 e. The van der Waals surface area contributed by atoms with Gasteiger partial charge in [-0.1, -0.05) is 175 Å². The Bertz CT molecular complexity index is 4130. The van der Waals surface area contributed by atoms with Crippen LogP contribution in [0.15, 0.2) is 237 Å². The Morgan fingerprint density at radius 2 is 0.526 bits per heavy atom. The molecule has 0 aliphatic heterocycles. The normalized spacial score (nSPS) is 11.6. The molecule has 76 heavy (non-hydrogen) atoms. The van der Waals surface area contributed by atoms with Crippen LogP contribution in [-0.2, 0) is 0 Å². The molecule has 0 spiro atoms. The van der Waals surface area contributed by atoms with Crippen molar-refractivity contribution in [2.45, 2.75) is 13.8 Å². The van der Waals surface area contributed by atoms with Gasteiger partial charge in [0.05, 0.1) is 33.5 Å². The van der Waals surface area contributed by atoms with E-state index in [9.17, 15) is 0 Å². The third kappa shape index (κ3) is 7.94. The Kier molecular flexibility index (Phi) is 10.7. The molecule has 0 aliphatic rings. The first kappa shape index (κ1) is 44.5. The van der Waals surface area contributed by atoms with Crippen molar-refractivity contribution < 1.29 is 0 Å². The minimum Gasteiger partial charge on any atom is -0.294 e. The van der Waals surface area contributed by atoms with Gasteiger partial charge in [-0.15, -0.1) is 0 Å². The van der Waals surface area contributed by atoms with Gasteiger partial charge in [-0.2, -0.15) is 0 Å². The van der Waals surface area contributed by atoms with E-state index in [0.717, 1.165) is 117 Å². The number of hydrogen-bond acceptors (Lipinski definition) is 7. The Labute approximate surface area is 438 Å². The van der Waals surface area contributed by atoms with Gasteiger partial charge < -0.3 is 0 Å². The molecule has 0 amide bonds. The first-order valence-corrected chi connectivity index (χ1v) is 25.4. The highest BCUT2D eigenvalue weighted by molar-refractivity contribution is 6.12. The fraction of sp³-hybridized carbons (Fsp3) is 0.0299. The number of rotatable bonds is 9. The summed E-state index contributed by atoms with van der Waals surface area (Å²) in [6.45, 7) is 4.27. The van der Waals surface area contributed by atoms with Gasteiger partial charge in [0.1, 0.15) is 11.6 Å². The van der Waals surface area contributed by atoms with E-state index in [-0.39, 0.29) is 0 Å². The van der Waals surface area contributed by atoms with E-state index in [1.807, 2.05) is 103 Å². The zero-order chi connectivity index (χ0) is 50.7. The highest BCUT2D eigenvalue weighted by Crippen LogP contribution is 2.39. The van der Waals surface area contributed by atoms with Crippen molar-refractivity contribution in [1.29, 1.82) is 0 Å². The van der Waals surface area contributed by atoms with Crippen LogP contribution >= 0.6 is 0 Å². The van der Waals surface area contributed by atoms with Gasteiger partial charge in [-0.05, 0) is 74.5 Å². The standard InChI is InChI=1S/C67H45N9/c1-42-28-32-57-51(36-42)53-38-49(30-34-59(53)75(57)61-40-55(44-18-8-3-9-19-44)68-63(70-61)46-22-12-5-13-23-46)66-72-65(48-26-16-7-17-27-48)73-67(74-66)50-31-35-60-54(39-50)52-37-43(2)29-33-58(52)76(60)62-41-56(45-20-10-4-11-21-45)69-64(71-62)47-24-14-6-15-25-47/h3-41H,1-2H3. The molecule has 5 heterocycles. The van der Waals surface area contributed by atoms with Gasteiger partial charge >= 0.3 is 0 Å². The lowest BCUT2D eigenvalue weighted by atomic mass is 10.1. The van der Waals surface area contributed by atoms with Crippen molar-refractivity contribution in [3.8, 4) is 91.1 Å². The second kappa shape index (κ2) is 18.4. The summed E-state index contributed by atoms with van der Waals surface area (Å²) < 4.78 is 4.50. The van der Waals surface area contributed by atoms with Crippen molar-refractivity contribution in [2.75, 3.05) is 0 Å². The molecule has 0 N–H and O–H groups in total. The lowest BCUT2D eigenvalue weighted by molar-refractivity contribution is 1.05. The summed E-state index contributed by atoms with van der Waals surface area (Å²) in [6, 6.07) is 81.5. The Balaban J connectivity index is 0.943. The van der Waals surface area contributed by atoms with E-state index in [4.69, 9.17) is 34.9 Å². The van der Waals surface area contributed by atoms with E-state index < -0.39 is 0 Å². The van der Waals surface area contributed by atoms with E-state index in [0.29, 0.717) is 29.1 Å². The molecule has 0 fully saturated rings. The van der Waals surface area contributed by atoms with Crippen LogP contribution in [0.1, 0.15) is 11.1 Å². The van der Waals surface area contributed by atoms with E-state index in [1.54, 1.807) is 0 Å². The van der Waals surface area contributed by atoms with Gasteiger partial charge in [-0.3, -0.25) is 9.13 Å². The fourth-order valence-corrected chi connectivity index (χ4v) is 10.4. The summed E-state index contributed by atoms with van der Waals surface area (Å²) in [4.78, 5) is 36.5. The van der Waals surface area contributed by atoms with Crippen LogP contribution in [0.4, 0.5) is 0 Å². The molecule has 358 valence electrons. The quantitative estimate of drug-likeness (QED) is 0.142. The number of fused-ring (bicyclic) bond motifs is 6. The number of aryl methyl sites for hydroxylation is 2. The van der Waals surface area contributed by atoms with Crippen molar-refractivity contribution in [1.82, 2.24) is 44.0 Å². The number of hydrogen-bond donors (Lipinski definition) is 0. The summed E-state index contributed by atoms with van der Waals surface area (Å²) in [5.74, 6) is 4.59. The van der Waals surface area contributed by atoms with Gasteiger partial charge in [0.15, 0.2) is 29.1 Å². The van der Waals surface area contributed by atoms with Crippen molar-refractivity contribution in [2.24, 2.45) is 0 Å². The van der Waals surface area contributed by atoms with Crippen LogP contribution in [-0.4, -0.2) is 44.0 Å². The minimum absolute atomic E-state index is 0.570. The van der Waals surface area contributed by atoms with Gasteiger partial charge in [0.2, 0.25) is 0 Å². The first-order valence-electron chi connectivity index (χ1n) is 25.4. The van der Waals surface area contributed by atoms with Crippen molar-refractivity contribution in [3.63, 3.8) is 0 Å². The number of nitrogens with zero attached hydrogens (tertiary/aromatic N) is 9. The predicted octanol–water partition coefficient (Wildman–Crippen LogP) is 15.9. The molecule has 0 aliphatic carbocycles. The van der Waals surface area contributed by atoms with Gasteiger partial charge in [0, 0.05) is 72.6 Å². The summed E-state index contributed by atoms with van der Waals surface area (Å²) in [7, 11) is 0. The van der Waals surface area contributed by atoms with Crippen LogP contribution in [0.25, 0.3) is 135 Å².